The smallest absolute Gasteiger partial charge is 0.262 e. The molecule has 2 amide bonds. The van der Waals surface area contributed by atoms with E-state index in [4.69, 9.17) is 4.74 Å². The molecular weight excluding hydrogens is 418 g/mol. The Bertz CT molecular complexity index is 1070. The first-order valence-corrected chi connectivity index (χ1v) is 11.2. The average Bonchev–Trinajstić information content (AvgIpc) is 2.68. The maximum Gasteiger partial charge on any atom is 0.262 e. The van der Waals surface area contributed by atoms with Gasteiger partial charge in [-0.1, -0.05) is 39.0 Å². The molecule has 0 fully saturated rings. The number of methoxy groups -OCH3 is 1. The second-order valence-corrected chi connectivity index (χ2v) is 9.87. The van der Waals surface area contributed by atoms with E-state index >= 15 is 0 Å². The summed E-state index contributed by atoms with van der Waals surface area (Å²) in [5.74, 6) is -0.331. The predicted octanol–water partition coefficient (Wildman–Crippen LogP) is 3.29. The summed E-state index contributed by atoms with van der Waals surface area (Å²) in [4.78, 5) is 24.6. The molecule has 9 heteroatoms. The van der Waals surface area contributed by atoms with Crippen molar-refractivity contribution >= 4 is 33.2 Å². The Labute approximate surface area is 183 Å². The molecule has 31 heavy (non-hydrogen) atoms. The maximum absolute atomic E-state index is 13.0. The molecule has 3 N–H and O–H groups in total. The molecule has 1 unspecified atom stereocenters. The number of sulfonamides is 1. The molecule has 0 aliphatic carbocycles. The number of rotatable bonds is 7. The van der Waals surface area contributed by atoms with Crippen LogP contribution in [0.5, 0.6) is 5.75 Å². The van der Waals surface area contributed by atoms with Crippen molar-refractivity contribution in [3.8, 4) is 5.75 Å². The van der Waals surface area contributed by atoms with Crippen molar-refractivity contribution in [3.63, 3.8) is 0 Å². The molecule has 2 rings (SSSR count). The van der Waals surface area contributed by atoms with Crippen molar-refractivity contribution in [1.82, 2.24) is 5.32 Å². The van der Waals surface area contributed by atoms with E-state index in [9.17, 15) is 18.0 Å². The first kappa shape index (κ1) is 24.2. The average molecular weight is 448 g/mol. The lowest BCUT2D eigenvalue weighted by molar-refractivity contribution is -0.131. The molecule has 1 atom stereocenters. The quantitative estimate of drug-likeness (QED) is 0.603. The number of ether oxygens (including phenoxy) is 1. The Balaban J connectivity index is 2.23. The van der Waals surface area contributed by atoms with Crippen molar-refractivity contribution < 1.29 is 22.7 Å². The Morgan fingerprint density at radius 3 is 2.32 bits per heavy atom. The molecular formula is C22H29N3O5S. The molecule has 0 radical (unpaired) electrons. The zero-order valence-corrected chi connectivity index (χ0v) is 19.4. The summed E-state index contributed by atoms with van der Waals surface area (Å²) in [5, 5.41) is 5.30. The lowest BCUT2D eigenvalue weighted by atomic mass is 9.95. The van der Waals surface area contributed by atoms with Gasteiger partial charge in [0.05, 0.1) is 17.7 Å². The van der Waals surface area contributed by atoms with Gasteiger partial charge < -0.3 is 15.4 Å². The number of anilines is 2. The van der Waals surface area contributed by atoms with Crippen LogP contribution >= 0.6 is 0 Å². The number of para-hydroxylation sites is 2. The van der Waals surface area contributed by atoms with Gasteiger partial charge in [0.1, 0.15) is 11.8 Å². The third-order valence-corrected chi connectivity index (χ3v) is 6.03. The standard InChI is InChI=1S/C22H29N3O5S/c1-14-11-12-16(24-20(26)15(2)23-21(27)22(3,4)5)13-19(14)31(28,29)25-17-9-7-8-10-18(17)30-6/h7-13,15,25H,1-6H3,(H,23,27)(H,24,26). The molecule has 0 aliphatic heterocycles. The lowest BCUT2D eigenvalue weighted by Gasteiger charge is -2.21. The van der Waals surface area contributed by atoms with Crippen molar-refractivity contribution in [2.75, 3.05) is 17.1 Å². The minimum atomic E-state index is -3.94. The highest BCUT2D eigenvalue weighted by atomic mass is 32.2. The summed E-state index contributed by atoms with van der Waals surface area (Å²) < 4.78 is 33.7. The number of benzene rings is 2. The lowest BCUT2D eigenvalue weighted by Crippen LogP contribution is -2.46. The molecule has 0 spiro atoms. The van der Waals surface area contributed by atoms with Gasteiger partial charge in [0, 0.05) is 11.1 Å². The number of aryl methyl sites for hydroxylation is 1. The van der Waals surface area contributed by atoms with Gasteiger partial charge >= 0.3 is 0 Å². The van der Waals surface area contributed by atoms with Crippen molar-refractivity contribution in [1.29, 1.82) is 0 Å². The zero-order valence-electron chi connectivity index (χ0n) is 18.6. The Morgan fingerprint density at radius 2 is 1.71 bits per heavy atom. The molecule has 0 bridgehead atoms. The first-order valence-electron chi connectivity index (χ1n) is 9.73. The highest BCUT2D eigenvalue weighted by molar-refractivity contribution is 7.92. The van der Waals surface area contributed by atoms with Gasteiger partial charge in [-0.05, 0) is 43.7 Å². The van der Waals surface area contributed by atoms with E-state index in [-0.39, 0.29) is 10.8 Å². The second kappa shape index (κ2) is 9.38. The van der Waals surface area contributed by atoms with Crippen LogP contribution in [0.2, 0.25) is 0 Å². The fraction of sp³-hybridized carbons (Fsp3) is 0.364. The van der Waals surface area contributed by atoms with Gasteiger partial charge in [-0.3, -0.25) is 14.3 Å². The van der Waals surface area contributed by atoms with Gasteiger partial charge in [0.15, 0.2) is 0 Å². The summed E-state index contributed by atoms with van der Waals surface area (Å²) in [6, 6.07) is 10.5. The van der Waals surface area contributed by atoms with Crippen LogP contribution in [0.25, 0.3) is 0 Å². The summed E-state index contributed by atoms with van der Waals surface area (Å²) in [6.07, 6.45) is 0. The van der Waals surface area contributed by atoms with Crippen LogP contribution in [0.1, 0.15) is 33.3 Å². The summed E-state index contributed by atoms with van der Waals surface area (Å²) in [6.45, 7) is 8.47. The number of hydrogen-bond donors (Lipinski definition) is 3. The number of hydrogen-bond acceptors (Lipinski definition) is 5. The zero-order chi connectivity index (χ0) is 23.4. The highest BCUT2D eigenvalue weighted by Crippen LogP contribution is 2.28. The van der Waals surface area contributed by atoms with Gasteiger partial charge in [0.2, 0.25) is 11.8 Å². The largest absolute Gasteiger partial charge is 0.495 e. The van der Waals surface area contributed by atoms with Crippen molar-refractivity contribution in [2.24, 2.45) is 5.41 Å². The maximum atomic E-state index is 13.0. The predicted molar refractivity (Wildman–Crippen MR) is 121 cm³/mol. The van der Waals surface area contributed by atoms with E-state index in [1.165, 1.54) is 13.2 Å². The summed E-state index contributed by atoms with van der Waals surface area (Å²) >= 11 is 0. The molecule has 0 heterocycles. The SMILES string of the molecule is COc1ccccc1NS(=O)(=O)c1cc(NC(=O)C(C)NC(=O)C(C)(C)C)ccc1C. The van der Waals surface area contributed by atoms with Crippen LogP contribution in [-0.4, -0.2) is 33.4 Å². The van der Waals surface area contributed by atoms with Gasteiger partial charge in [-0.25, -0.2) is 8.42 Å². The third kappa shape index (κ3) is 6.21. The molecule has 2 aromatic rings. The van der Waals surface area contributed by atoms with E-state index in [2.05, 4.69) is 15.4 Å². The monoisotopic (exact) mass is 447 g/mol. The first-order chi connectivity index (χ1) is 14.3. The topological polar surface area (TPSA) is 114 Å². The summed E-state index contributed by atoms with van der Waals surface area (Å²) in [7, 11) is -2.49. The highest BCUT2D eigenvalue weighted by Gasteiger charge is 2.25. The Kier molecular flexibility index (Phi) is 7.32. The van der Waals surface area contributed by atoms with Crippen LogP contribution in [0.3, 0.4) is 0 Å². The Morgan fingerprint density at radius 1 is 1.06 bits per heavy atom. The van der Waals surface area contributed by atoms with Gasteiger partial charge in [-0.15, -0.1) is 0 Å². The van der Waals surface area contributed by atoms with E-state index in [1.54, 1.807) is 71.0 Å². The number of carbonyl (C=O) groups is 2. The number of nitrogens with one attached hydrogen (secondary N) is 3. The minimum Gasteiger partial charge on any atom is -0.495 e. The minimum absolute atomic E-state index is 0.0163. The molecule has 8 nitrogen and oxygen atoms in total. The molecule has 0 saturated heterocycles. The van der Waals surface area contributed by atoms with E-state index in [0.29, 0.717) is 22.7 Å². The van der Waals surface area contributed by atoms with Gasteiger partial charge in [0.25, 0.3) is 10.0 Å². The third-order valence-electron chi connectivity index (χ3n) is 4.52. The van der Waals surface area contributed by atoms with Gasteiger partial charge in [-0.2, -0.15) is 0 Å². The van der Waals surface area contributed by atoms with E-state index in [0.717, 1.165) is 0 Å². The summed E-state index contributed by atoms with van der Waals surface area (Å²) in [5.41, 5.74) is 0.476. The van der Waals surface area contributed by atoms with E-state index in [1.807, 2.05) is 0 Å². The fourth-order valence-corrected chi connectivity index (χ4v) is 3.97. The fourth-order valence-electron chi connectivity index (χ4n) is 2.63. The number of amides is 2. The van der Waals surface area contributed by atoms with Crippen LogP contribution in [0.4, 0.5) is 11.4 Å². The van der Waals surface area contributed by atoms with E-state index < -0.39 is 27.4 Å². The molecule has 168 valence electrons. The molecule has 2 aromatic carbocycles. The Hall–Kier alpha value is -3.07. The molecule has 0 aliphatic rings. The van der Waals surface area contributed by atoms with Crippen molar-refractivity contribution in [3.05, 3.63) is 48.0 Å². The number of carbonyl (C=O) groups excluding carboxylic acids is 2. The van der Waals surface area contributed by atoms with Crippen LogP contribution in [-0.2, 0) is 19.6 Å². The normalized spacial score (nSPS) is 12.6. The second-order valence-electron chi connectivity index (χ2n) is 8.22. The van der Waals surface area contributed by atoms with Crippen molar-refractivity contribution in [2.45, 2.75) is 45.6 Å². The molecule has 0 aromatic heterocycles. The van der Waals surface area contributed by atoms with Crippen LogP contribution < -0.4 is 20.1 Å². The van der Waals surface area contributed by atoms with Crippen LogP contribution in [0, 0.1) is 12.3 Å². The van der Waals surface area contributed by atoms with Crippen LogP contribution in [0.15, 0.2) is 47.4 Å². The molecule has 0 saturated carbocycles.